The standard InChI is InChI=1S/CHClO2.CH4/c2-1(3)4;/h(H,3,4);1H4/p-1. The summed E-state index contributed by atoms with van der Waals surface area (Å²) in [6, 6.07) is 0. The van der Waals surface area contributed by atoms with Gasteiger partial charge in [-0.1, -0.05) is 19.0 Å². The molecule has 0 unspecified atom stereocenters. The van der Waals surface area contributed by atoms with Gasteiger partial charge in [0.1, 0.15) is 5.43 Å². The molecule has 0 spiro atoms. The predicted octanol–water partition coefficient (Wildman–Crippen LogP) is 0.205. The molecule has 0 saturated carbocycles. The third-order valence-electron chi connectivity index (χ3n) is 0. The van der Waals surface area contributed by atoms with E-state index in [4.69, 9.17) is 9.90 Å². The molecule has 0 saturated heterocycles. The first-order valence-electron chi connectivity index (χ1n) is 0.597. The fourth-order valence-corrected chi connectivity index (χ4v) is 0. The summed E-state index contributed by atoms with van der Waals surface area (Å²) >= 11 is 4.08. The molecule has 0 aromatic carbocycles. The lowest BCUT2D eigenvalue weighted by atomic mass is 11.6. The number of hydrogen-bond acceptors (Lipinski definition) is 2. The van der Waals surface area contributed by atoms with Crippen LogP contribution in [-0.4, -0.2) is 5.43 Å². The van der Waals surface area contributed by atoms with Crippen LogP contribution in [0.4, 0.5) is 4.79 Å². The molecule has 2 nitrogen and oxygen atoms in total. The molecule has 5 heavy (non-hydrogen) atoms. The van der Waals surface area contributed by atoms with E-state index >= 15 is 0 Å². The van der Waals surface area contributed by atoms with Gasteiger partial charge in [-0.05, 0) is 0 Å². The van der Waals surface area contributed by atoms with E-state index in [0.29, 0.717) is 0 Å². The SMILES string of the molecule is C.O=C([O-])Cl. The highest BCUT2D eigenvalue weighted by atomic mass is 35.5. The van der Waals surface area contributed by atoms with Gasteiger partial charge in [-0.25, -0.2) is 0 Å². The summed E-state index contributed by atoms with van der Waals surface area (Å²) in [6.45, 7) is 0. The fourth-order valence-electron chi connectivity index (χ4n) is 0. The molecule has 0 fully saturated rings. The largest absolute Gasteiger partial charge is 0.534 e. The van der Waals surface area contributed by atoms with Crippen molar-refractivity contribution in [1.82, 2.24) is 0 Å². The summed E-state index contributed by atoms with van der Waals surface area (Å²) in [6.07, 6.45) is 0. The Morgan fingerprint density at radius 2 is 1.80 bits per heavy atom. The number of rotatable bonds is 0. The topological polar surface area (TPSA) is 40.1 Å². The highest BCUT2D eigenvalue weighted by molar-refractivity contribution is 6.59. The summed E-state index contributed by atoms with van der Waals surface area (Å²) in [5.41, 5.74) is -1.61. The highest BCUT2D eigenvalue weighted by Gasteiger charge is 1.51. The van der Waals surface area contributed by atoms with Gasteiger partial charge < -0.3 is 9.90 Å². The Hall–Kier alpha value is -0.240. The molecule has 0 heterocycles. The van der Waals surface area contributed by atoms with E-state index in [0.717, 1.165) is 0 Å². The third-order valence-corrected chi connectivity index (χ3v) is 0. The van der Waals surface area contributed by atoms with Gasteiger partial charge in [0, 0.05) is 0 Å². The van der Waals surface area contributed by atoms with Crippen molar-refractivity contribution in [3.8, 4) is 0 Å². The first kappa shape index (κ1) is 8.83. The molecule has 0 aromatic rings. The van der Waals surface area contributed by atoms with E-state index in [1.807, 2.05) is 0 Å². The van der Waals surface area contributed by atoms with Crippen molar-refractivity contribution in [2.75, 3.05) is 0 Å². The van der Waals surface area contributed by atoms with E-state index < -0.39 is 5.43 Å². The van der Waals surface area contributed by atoms with Crippen molar-refractivity contribution in [2.24, 2.45) is 0 Å². The van der Waals surface area contributed by atoms with Crippen LogP contribution >= 0.6 is 11.6 Å². The second-order valence-corrected chi connectivity index (χ2v) is 0.546. The van der Waals surface area contributed by atoms with E-state index in [1.54, 1.807) is 0 Å². The van der Waals surface area contributed by atoms with E-state index in [1.165, 1.54) is 0 Å². The highest BCUT2D eigenvalue weighted by Crippen LogP contribution is 1.60. The molecule has 0 N–H and O–H groups in total. The van der Waals surface area contributed by atoms with Gasteiger partial charge in [0.25, 0.3) is 0 Å². The molecule has 0 bridgehead atoms. The summed E-state index contributed by atoms with van der Waals surface area (Å²) in [5, 5.41) is 8.65. The van der Waals surface area contributed by atoms with Crippen molar-refractivity contribution < 1.29 is 9.90 Å². The van der Waals surface area contributed by atoms with E-state index in [-0.39, 0.29) is 7.43 Å². The number of halogens is 1. The maximum absolute atomic E-state index is 8.65. The molecule has 0 aliphatic carbocycles. The summed E-state index contributed by atoms with van der Waals surface area (Å²) in [7, 11) is 0. The molecule has 32 valence electrons. The maximum Gasteiger partial charge on any atom is 0.134 e. The summed E-state index contributed by atoms with van der Waals surface area (Å²) in [4.78, 5) is 8.65. The van der Waals surface area contributed by atoms with Gasteiger partial charge in [0.15, 0.2) is 0 Å². The molecule has 0 rings (SSSR count). The molecular formula is C2H4ClO2-. The molecule has 0 aliphatic heterocycles. The van der Waals surface area contributed by atoms with Crippen molar-refractivity contribution in [2.45, 2.75) is 7.43 Å². The van der Waals surface area contributed by atoms with Crippen LogP contribution < -0.4 is 5.11 Å². The first-order valence-corrected chi connectivity index (χ1v) is 0.975. The number of carboxylic acid groups (broad SMARTS) is 1. The second kappa shape index (κ2) is 3.76. The molecule has 0 atom stereocenters. The Bertz CT molecular complexity index is 30.6. The van der Waals surface area contributed by atoms with Crippen LogP contribution in [0.25, 0.3) is 0 Å². The molecular weight excluding hydrogens is 91.5 g/mol. The molecule has 0 amide bonds. The lowest BCUT2D eigenvalue weighted by molar-refractivity contribution is -0.233. The van der Waals surface area contributed by atoms with Gasteiger partial charge >= 0.3 is 0 Å². The van der Waals surface area contributed by atoms with Crippen molar-refractivity contribution in [3.05, 3.63) is 0 Å². The zero-order chi connectivity index (χ0) is 3.58. The summed E-state index contributed by atoms with van der Waals surface area (Å²) in [5.74, 6) is 0. The van der Waals surface area contributed by atoms with Crippen LogP contribution in [0.1, 0.15) is 7.43 Å². The zero-order valence-corrected chi connectivity index (χ0v) is 2.45. The smallest absolute Gasteiger partial charge is 0.134 e. The van der Waals surface area contributed by atoms with Crippen LogP contribution in [0.3, 0.4) is 0 Å². The molecule has 0 radical (unpaired) electrons. The minimum atomic E-state index is -1.61. The average molecular weight is 95.5 g/mol. The maximum atomic E-state index is 8.65. The predicted molar refractivity (Wildman–Crippen MR) is 18.0 cm³/mol. The van der Waals surface area contributed by atoms with Crippen LogP contribution in [-0.2, 0) is 0 Å². The molecule has 0 aliphatic rings. The zero-order valence-electron chi connectivity index (χ0n) is 1.69. The second-order valence-electron chi connectivity index (χ2n) is 0.238. The number of hydrogen-bond donors (Lipinski definition) is 0. The minimum absolute atomic E-state index is 0. The number of carbonyl (C=O) groups is 1. The van der Waals surface area contributed by atoms with Gasteiger partial charge in [0.05, 0.1) is 0 Å². The van der Waals surface area contributed by atoms with Gasteiger partial charge in [0.2, 0.25) is 0 Å². The first-order chi connectivity index (χ1) is 1.73. The van der Waals surface area contributed by atoms with Crippen LogP contribution in [0.5, 0.6) is 0 Å². The Labute approximate surface area is 35.4 Å². The van der Waals surface area contributed by atoms with Crippen molar-refractivity contribution >= 4 is 17.0 Å². The Kier molecular flexibility index (Phi) is 6.64. The molecule has 0 aromatic heterocycles. The fraction of sp³-hybridized carbons (Fsp3) is 0.500. The van der Waals surface area contributed by atoms with Gasteiger partial charge in [-0.15, -0.1) is 0 Å². The lowest BCUT2D eigenvalue weighted by Crippen LogP contribution is -2.11. The van der Waals surface area contributed by atoms with Crippen molar-refractivity contribution in [1.29, 1.82) is 0 Å². The van der Waals surface area contributed by atoms with Gasteiger partial charge in [-0.3, -0.25) is 0 Å². The van der Waals surface area contributed by atoms with Crippen LogP contribution in [0, 0.1) is 0 Å². The Balaban J connectivity index is 0. The van der Waals surface area contributed by atoms with Gasteiger partial charge in [-0.2, -0.15) is 0 Å². The lowest BCUT2D eigenvalue weighted by Gasteiger charge is -1.73. The molecule has 3 heteroatoms. The van der Waals surface area contributed by atoms with Crippen LogP contribution in [0.15, 0.2) is 0 Å². The Morgan fingerprint density at radius 1 is 1.80 bits per heavy atom. The quantitative estimate of drug-likeness (QED) is 0.404. The minimum Gasteiger partial charge on any atom is -0.534 e. The van der Waals surface area contributed by atoms with Crippen molar-refractivity contribution in [3.63, 3.8) is 0 Å². The Morgan fingerprint density at radius 3 is 1.80 bits per heavy atom. The number of carbonyl (C=O) groups excluding carboxylic acids is 1. The van der Waals surface area contributed by atoms with E-state index in [9.17, 15) is 0 Å². The van der Waals surface area contributed by atoms with Crippen LogP contribution in [0.2, 0.25) is 0 Å². The summed E-state index contributed by atoms with van der Waals surface area (Å²) < 4.78 is 0. The third kappa shape index (κ3) is 202. The average Bonchev–Trinajstić information content (AvgIpc) is 0.811. The normalized spacial score (nSPS) is 5.00. The monoisotopic (exact) mass is 95.0 g/mol. The van der Waals surface area contributed by atoms with E-state index in [2.05, 4.69) is 11.6 Å².